The van der Waals surface area contributed by atoms with Crippen LogP contribution >= 0.6 is 0 Å². The molecule has 0 atom stereocenters. The summed E-state index contributed by atoms with van der Waals surface area (Å²) in [5, 5.41) is 14.4. The van der Waals surface area contributed by atoms with E-state index in [1.165, 1.54) is 4.68 Å². The smallest absolute Gasteiger partial charge is 0.277 e. The number of Topliss-reactive ketones (excluding diaryl/α,β-unsaturated/α-hetero) is 1. The number of fused-ring (bicyclic) bond motifs is 1. The van der Waals surface area contributed by atoms with Gasteiger partial charge in [-0.25, -0.2) is 4.68 Å². The van der Waals surface area contributed by atoms with Gasteiger partial charge in [-0.3, -0.25) is 14.4 Å². The largest absolute Gasteiger partial charge is 0.399 e. The van der Waals surface area contributed by atoms with Gasteiger partial charge in [-0.15, -0.1) is 5.10 Å². The minimum absolute atomic E-state index is 0.0177. The molecule has 2 aromatic carbocycles. The van der Waals surface area contributed by atoms with Crippen molar-refractivity contribution in [3.63, 3.8) is 0 Å². The molecular weight excluding hydrogens is 566 g/mol. The summed E-state index contributed by atoms with van der Waals surface area (Å²) in [5.41, 5.74) is 8.39. The number of ether oxygens (including phenoxy) is 3. The van der Waals surface area contributed by atoms with Gasteiger partial charge in [0.25, 0.3) is 11.8 Å². The molecule has 4 rings (SSSR count). The van der Waals surface area contributed by atoms with E-state index in [9.17, 15) is 14.4 Å². The fourth-order valence-corrected chi connectivity index (χ4v) is 4.12. The van der Waals surface area contributed by atoms with Gasteiger partial charge in [-0.2, -0.15) is 0 Å². The van der Waals surface area contributed by atoms with E-state index in [2.05, 4.69) is 25.9 Å². The number of amides is 2. The number of carbonyl (C=O) groups excluding carboxylic acids is 3. The number of aromatic nitrogens is 4. The van der Waals surface area contributed by atoms with Gasteiger partial charge in [0.15, 0.2) is 11.5 Å². The first-order chi connectivity index (χ1) is 21.1. The number of ketones is 1. The molecule has 0 bridgehead atoms. The molecule has 0 radical (unpaired) electrons. The highest BCUT2D eigenvalue weighted by Gasteiger charge is 2.24. The number of rotatable bonds is 16. The van der Waals surface area contributed by atoms with Crippen molar-refractivity contribution in [1.29, 1.82) is 0 Å². The molecule has 0 aliphatic carbocycles. The molecule has 234 valence electrons. The molecule has 0 saturated carbocycles. The lowest BCUT2D eigenvalue weighted by Crippen LogP contribution is -2.27. The van der Waals surface area contributed by atoms with E-state index >= 15 is 0 Å². The Kier molecular flexibility index (Phi) is 11.2. The number of H-pyrrole nitrogens is 1. The van der Waals surface area contributed by atoms with Crippen LogP contribution in [0.1, 0.15) is 52.1 Å². The van der Waals surface area contributed by atoms with Crippen molar-refractivity contribution in [1.82, 2.24) is 25.3 Å². The fourth-order valence-electron chi connectivity index (χ4n) is 4.12. The molecule has 0 saturated heterocycles. The van der Waals surface area contributed by atoms with E-state index in [0.29, 0.717) is 75.4 Å². The third-order valence-corrected chi connectivity index (χ3v) is 6.49. The maximum atomic E-state index is 12.7. The lowest BCUT2D eigenvalue weighted by atomic mass is 9.89. The molecule has 0 spiro atoms. The van der Waals surface area contributed by atoms with Gasteiger partial charge < -0.3 is 35.6 Å². The van der Waals surface area contributed by atoms with Crippen LogP contribution in [-0.2, 0) is 20.8 Å². The standard InChI is InChI=1S/C31H39N7O6/c1-31(2,3)28(39)26-19-22-18-24(8-9-25(22)35-26)34-30(41)27-20-38(37-36-27)11-13-43-15-17-44-16-14-42-12-10-33-29(40)21-4-6-23(32)7-5-21/h4-9,18-20,35H,10-17,32H2,1-3H3,(H,33,40)(H,34,41). The number of nitrogens with one attached hydrogen (secondary N) is 3. The van der Waals surface area contributed by atoms with Gasteiger partial charge in [-0.05, 0) is 48.5 Å². The lowest BCUT2D eigenvalue weighted by Gasteiger charge is -2.14. The average molecular weight is 606 g/mol. The Morgan fingerprint density at radius 2 is 1.57 bits per heavy atom. The molecule has 0 unspecified atom stereocenters. The van der Waals surface area contributed by atoms with Crippen molar-refractivity contribution in [2.75, 3.05) is 57.2 Å². The predicted molar refractivity (Wildman–Crippen MR) is 166 cm³/mol. The van der Waals surface area contributed by atoms with E-state index in [0.717, 1.165) is 10.9 Å². The van der Waals surface area contributed by atoms with Crippen molar-refractivity contribution in [3.8, 4) is 0 Å². The fraction of sp³-hybridized carbons (Fsp3) is 0.387. The number of hydrogen-bond acceptors (Lipinski definition) is 9. The summed E-state index contributed by atoms with van der Waals surface area (Å²) in [4.78, 5) is 40.4. The van der Waals surface area contributed by atoms with Crippen molar-refractivity contribution in [2.24, 2.45) is 5.41 Å². The number of nitrogen functional groups attached to an aromatic ring is 1. The topological polar surface area (TPSA) is 175 Å². The van der Waals surface area contributed by atoms with Crippen LogP contribution in [0.4, 0.5) is 11.4 Å². The Labute approximate surface area is 255 Å². The van der Waals surface area contributed by atoms with Crippen LogP contribution in [0.2, 0.25) is 0 Å². The molecular formula is C31H39N7O6. The minimum Gasteiger partial charge on any atom is -0.399 e. The second kappa shape index (κ2) is 15.2. The molecule has 4 aromatic rings. The number of carbonyl (C=O) groups is 3. The maximum absolute atomic E-state index is 12.7. The van der Waals surface area contributed by atoms with Crippen LogP contribution < -0.4 is 16.4 Å². The van der Waals surface area contributed by atoms with E-state index in [1.807, 2.05) is 26.8 Å². The minimum atomic E-state index is -0.498. The zero-order chi connectivity index (χ0) is 31.5. The second-order valence-electron chi connectivity index (χ2n) is 11.1. The summed E-state index contributed by atoms with van der Waals surface area (Å²) >= 11 is 0. The Bertz CT molecular complexity index is 1560. The van der Waals surface area contributed by atoms with Crippen LogP contribution in [0.15, 0.2) is 54.7 Å². The van der Waals surface area contributed by atoms with E-state index in [4.69, 9.17) is 19.9 Å². The summed E-state index contributed by atoms with van der Waals surface area (Å²) in [6.07, 6.45) is 1.56. The van der Waals surface area contributed by atoms with Gasteiger partial charge in [0.05, 0.1) is 58.1 Å². The van der Waals surface area contributed by atoms with Crippen molar-refractivity contribution < 1.29 is 28.6 Å². The van der Waals surface area contributed by atoms with E-state index in [-0.39, 0.29) is 17.4 Å². The highest BCUT2D eigenvalue weighted by molar-refractivity contribution is 6.05. The number of aromatic amines is 1. The van der Waals surface area contributed by atoms with E-state index < -0.39 is 11.3 Å². The third-order valence-electron chi connectivity index (χ3n) is 6.49. The monoisotopic (exact) mass is 605 g/mol. The Hall–Kier alpha value is -4.59. The highest BCUT2D eigenvalue weighted by atomic mass is 16.5. The highest BCUT2D eigenvalue weighted by Crippen LogP contribution is 2.25. The number of nitrogens with zero attached hydrogens (tertiary/aromatic N) is 3. The summed E-state index contributed by atoms with van der Waals surface area (Å²) in [5.74, 6) is -0.550. The molecule has 13 heteroatoms. The van der Waals surface area contributed by atoms with Crippen LogP contribution in [0, 0.1) is 5.41 Å². The number of hydrogen-bond donors (Lipinski definition) is 4. The average Bonchev–Trinajstić information content (AvgIpc) is 3.64. The summed E-state index contributed by atoms with van der Waals surface area (Å²) in [7, 11) is 0. The Balaban J connectivity index is 1.06. The molecule has 2 aromatic heterocycles. The molecule has 44 heavy (non-hydrogen) atoms. The van der Waals surface area contributed by atoms with Gasteiger partial charge >= 0.3 is 0 Å². The Morgan fingerprint density at radius 1 is 0.886 bits per heavy atom. The zero-order valence-electron chi connectivity index (χ0n) is 25.2. The molecule has 5 N–H and O–H groups in total. The molecule has 13 nitrogen and oxygen atoms in total. The first kappa shape index (κ1) is 32.3. The van der Waals surface area contributed by atoms with Gasteiger partial charge in [0.1, 0.15) is 0 Å². The van der Waals surface area contributed by atoms with E-state index in [1.54, 1.807) is 48.7 Å². The quantitative estimate of drug-likeness (QED) is 0.0848. The SMILES string of the molecule is CC(C)(C)C(=O)c1cc2cc(NC(=O)c3cn(CCOCCOCCOCCNC(=O)c4ccc(N)cc4)nn3)ccc2[nH]1. The number of nitrogens with two attached hydrogens (primary N) is 1. The number of anilines is 2. The molecule has 0 aliphatic heterocycles. The third kappa shape index (κ3) is 9.46. The lowest BCUT2D eigenvalue weighted by molar-refractivity contribution is 0.0133. The van der Waals surface area contributed by atoms with Crippen LogP contribution in [0.3, 0.4) is 0 Å². The van der Waals surface area contributed by atoms with Crippen LogP contribution in [0.5, 0.6) is 0 Å². The maximum Gasteiger partial charge on any atom is 0.277 e. The van der Waals surface area contributed by atoms with Crippen LogP contribution in [-0.4, -0.2) is 83.8 Å². The number of benzene rings is 2. The molecule has 2 amide bonds. The van der Waals surface area contributed by atoms with Gasteiger partial charge in [0.2, 0.25) is 0 Å². The summed E-state index contributed by atoms with van der Waals surface area (Å²) in [6, 6.07) is 13.9. The molecule has 0 fully saturated rings. The molecule has 0 aliphatic rings. The zero-order valence-corrected chi connectivity index (χ0v) is 25.2. The summed E-state index contributed by atoms with van der Waals surface area (Å²) < 4.78 is 18.0. The summed E-state index contributed by atoms with van der Waals surface area (Å²) in [6.45, 7) is 8.79. The molecule has 2 heterocycles. The van der Waals surface area contributed by atoms with Crippen LogP contribution in [0.25, 0.3) is 10.9 Å². The normalized spacial score (nSPS) is 11.5. The van der Waals surface area contributed by atoms with Crippen molar-refractivity contribution >= 4 is 39.9 Å². The first-order valence-corrected chi connectivity index (χ1v) is 14.4. The van der Waals surface area contributed by atoms with Crippen molar-refractivity contribution in [3.05, 3.63) is 71.7 Å². The first-order valence-electron chi connectivity index (χ1n) is 14.4. The van der Waals surface area contributed by atoms with Crippen molar-refractivity contribution in [2.45, 2.75) is 27.3 Å². The Morgan fingerprint density at radius 3 is 2.27 bits per heavy atom. The predicted octanol–water partition coefficient (Wildman–Crippen LogP) is 3.30. The van der Waals surface area contributed by atoms with Gasteiger partial charge in [-0.1, -0.05) is 26.0 Å². The van der Waals surface area contributed by atoms with Gasteiger partial charge in [0, 0.05) is 39.8 Å². The second-order valence-corrected chi connectivity index (χ2v) is 11.1.